The maximum atomic E-state index is 12.4. The largest absolute Gasteiger partial charge is 0.346 e. The van der Waals surface area contributed by atoms with Crippen molar-refractivity contribution >= 4 is 17.2 Å². The maximum Gasteiger partial charge on any atom is 0.274 e. The van der Waals surface area contributed by atoms with Crippen LogP contribution in [0.5, 0.6) is 0 Å². The van der Waals surface area contributed by atoms with Gasteiger partial charge in [-0.15, -0.1) is 16.4 Å². The molecule has 3 rings (SSSR count). The molecule has 2 aromatic heterocycles. The van der Waals surface area contributed by atoms with Crippen molar-refractivity contribution in [2.45, 2.75) is 45.7 Å². The molecule has 7 heteroatoms. The Bertz CT molecular complexity index is 672. The number of carbonyl (C=O) groups is 1. The lowest BCUT2D eigenvalue weighted by Gasteiger charge is -2.23. The van der Waals surface area contributed by atoms with Crippen molar-refractivity contribution in [1.82, 2.24) is 25.6 Å². The molecule has 0 aliphatic carbocycles. The van der Waals surface area contributed by atoms with Crippen molar-refractivity contribution in [3.8, 4) is 0 Å². The number of carbonyl (C=O) groups excluding carboxylic acids is 1. The van der Waals surface area contributed by atoms with Gasteiger partial charge in [0.2, 0.25) is 0 Å². The van der Waals surface area contributed by atoms with Crippen LogP contribution < -0.4 is 10.6 Å². The van der Waals surface area contributed by atoms with Crippen molar-refractivity contribution in [1.29, 1.82) is 0 Å². The number of aromatic nitrogens is 3. The van der Waals surface area contributed by atoms with Crippen LogP contribution in [0, 0.1) is 6.92 Å². The van der Waals surface area contributed by atoms with Crippen molar-refractivity contribution in [3.63, 3.8) is 0 Å². The van der Waals surface area contributed by atoms with Gasteiger partial charge in [-0.3, -0.25) is 4.79 Å². The molecule has 2 aromatic rings. The second-order valence-corrected chi connectivity index (χ2v) is 7.11. The first-order chi connectivity index (χ1) is 11.2. The van der Waals surface area contributed by atoms with Crippen LogP contribution in [0.1, 0.15) is 51.7 Å². The number of piperidine rings is 1. The summed E-state index contributed by atoms with van der Waals surface area (Å²) >= 11 is 1.74. The van der Waals surface area contributed by atoms with Gasteiger partial charge in [-0.05, 0) is 51.4 Å². The molecule has 23 heavy (non-hydrogen) atoms. The predicted molar refractivity (Wildman–Crippen MR) is 90.8 cm³/mol. The molecule has 0 saturated carbocycles. The van der Waals surface area contributed by atoms with Crippen LogP contribution in [-0.2, 0) is 13.0 Å². The van der Waals surface area contributed by atoms with Crippen molar-refractivity contribution in [2.75, 3.05) is 13.1 Å². The number of hydrogen-bond donors (Lipinski definition) is 2. The number of rotatable bonds is 5. The third-order valence-corrected chi connectivity index (χ3v) is 5.52. The van der Waals surface area contributed by atoms with E-state index in [-0.39, 0.29) is 5.91 Å². The fourth-order valence-electron chi connectivity index (χ4n) is 2.91. The molecule has 124 valence electrons. The van der Waals surface area contributed by atoms with Gasteiger partial charge in [0.1, 0.15) is 0 Å². The molecule has 6 nitrogen and oxygen atoms in total. The van der Waals surface area contributed by atoms with E-state index < -0.39 is 0 Å². The summed E-state index contributed by atoms with van der Waals surface area (Å²) < 4.78 is 1.91. The van der Waals surface area contributed by atoms with Gasteiger partial charge in [0.05, 0.1) is 18.3 Å². The second-order valence-electron chi connectivity index (χ2n) is 5.85. The first kappa shape index (κ1) is 16.1. The number of aryl methyl sites for hydroxylation is 1. The molecule has 0 bridgehead atoms. The van der Waals surface area contributed by atoms with Crippen LogP contribution in [0.25, 0.3) is 0 Å². The van der Waals surface area contributed by atoms with Gasteiger partial charge < -0.3 is 10.6 Å². The minimum atomic E-state index is -0.144. The van der Waals surface area contributed by atoms with Gasteiger partial charge in [0.15, 0.2) is 5.69 Å². The second kappa shape index (κ2) is 7.23. The van der Waals surface area contributed by atoms with Crippen molar-refractivity contribution in [2.24, 2.45) is 0 Å². The Kier molecular flexibility index (Phi) is 5.07. The Labute approximate surface area is 140 Å². The number of thiophene rings is 1. The first-order valence-corrected chi connectivity index (χ1v) is 8.99. The maximum absolute atomic E-state index is 12.4. The fraction of sp³-hybridized carbons (Fsp3) is 0.562. The quantitative estimate of drug-likeness (QED) is 0.878. The number of amides is 1. The molecule has 0 unspecified atom stereocenters. The highest BCUT2D eigenvalue weighted by Gasteiger charge is 2.22. The molecule has 2 N–H and O–H groups in total. The van der Waals surface area contributed by atoms with E-state index in [2.05, 4.69) is 40.0 Å². The molecular weight excluding hydrogens is 310 g/mol. The van der Waals surface area contributed by atoms with E-state index in [9.17, 15) is 4.79 Å². The summed E-state index contributed by atoms with van der Waals surface area (Å²) in [5, 5.41) is 14.6. The Morgan fingerprint density at radius 1 is 1.39 bits per heavy atom. The molecule has 0 spiro atoms. The van der Waals surface area contributed by atoms with E-state index in [1.165, 1.54) is 9.75 Å². The molecule has 1 amide bonds. The van der Waals surface area contributed by atoms with Gasteiger partial charge in [-0.25, -0.2) is 4.68 Å². The lowest BCUT2D eigenvalue weighted by Crippen LogP contribution is -2.30. The van der Waals surface area contributed by atoms with Crippen LogP contribution in [0.3, 0.4) is 0 Å². The van der Waals surface area contributed by atoms with Gasteiger partial charge in [0.25, 0.3) is 5.91 Å². The topological polar surface area (TPSA) is 71.8 Å². The zero-order valence-corrected chi connectivity index (χ0v) is 14.4. The van der Waals surface area contributed by atoms with E-state index in [0.29, 0.717) is 18.3 Å². The normalized spacial score (nSPS) is 15.7. The van der Waals surface area contributed by atoms with Crippen LogP contribution in [-0.4, -0.2) is 34.0 Å². The minimum Gasteiger partial charge on any atom is -0.346 e. The summed E-state index contributed by atoms with van der Waals surface area (Å²) in [6.45, 7) is 6.59. The number of hydrogen-bond acceptors (Lipinski definition) is 5. The van der Waals surface area contributed by atoms with Crippen LogP contribution in [0.2, 0.25) is 0 Å². The molecule has 3 heterocycles. The lowest BCUT2D eigenvalue weighted by atomic mass is 10.1. The van der Waals surface area contributed by atoms with E-state index >= 15 is 0 Å². The number of nitrogens with one attached hydrogen (secondary N) is 2. The highest BCUT2D eigenvalue weighted by molar-refractivity contribution is 7.11. The fourth-order valence-corrected chi connectivity index (χ4v) is 3.80. The van der Waals surface area contributed by atoms with E-state index in [0.717, 1.165) is 38.0 Å². The monoisotopic (exact) mass is 333 g/mol. The molecule has 1 fully saturated rings. The summed E-state index contributed by atoms with van der Waals surface area (Å²) in [7, 11) is 0. The molecule has 1 aliphatic heterocycles. The van der Waals surface area contributed by atoms with Gasteiger partial charge >= 0.3 is 0 Å². The van der Waals surface area contributed by atoms with Crippen LogP contribution in [0.15, 0.2) is 12.1 Å². The Hall–Kier alpha value is -1.73. The lowest BCUT2D eigenvalue weighted by molar-refractivity contribution is 0.0945. The minimum absolute atomic E-state index is 0.144. The van der Waals surface area contributed by atoms with Gasteiger partial charge in [-0.1, -0.05) is 12.1 Å². The molecule has 0 aromatic carbocycles. The zero-order valence-electron chi connectivity index (χ0n) is 13.6. The summed E-state index contributed by atoms with van der Waals surface area (Å²) in [6, 6.07) is 4.53. The Balaban J connectivity index is 1.64. The highest BCUT2D eigenvalue weighted by Crippen LogP contribution is 2.20. The predicted octanol–water partition coefficient (Wildman–Crippen LogP) is 2.06. The third kappa shape index (κ3) is 3.61. The average molecular weight is 333 g/mol. The third-order valence-electron chi connectivity index (χ3n) is 4.29. The molecule has 1 saturated heterocycles. The number of nitrogens with zero attached hydrogens (tertiary/aromatic N) is 3. The zero-order chi connectivity index (χ0) is 16.2. The van der Waals surface area contributed by atoms with Crippen LogP contribution >= 0.6 is 11.3 Å². The highest BCUT2D eigenvalue weighted by atomic mass is 32.1. The van der Waals surface area contributed by atoms with E-state index in [4.69, 9.17) is 0 Å². The van der Waals surface area contributed by atoms with E-state index in [1.807, 2.05) is 11.6 Å². The summed E-state index contributed by atoms with van der Waals surface area (Å²) in [4.78, 5) is 14.9. The first-order valence-electron chi connectivity index (χ1n) is 8.17. The molecule has 1 aliphatic rings. The average Bonchev–Trinajstić information content (AvgIpc) is 3.20. The van der Waals surface area contributed by atoms with Gasteiger partial charge in [-0.2, -0.15) is 0 Å². The summed E-state index contributed by atoms with van der Waals surface area (Å²) in [5.41, 5.74) is 1.30. The standard InChI is InChI=1S/C16H23N5OS/c1-3-13-4-5-14(23-13)10-18-16(22)15-11(2)21(20-19-15)12-6-8-17-9-7-12/h4-5,12,17H,3,6-10H2,1-2H3,(H,18,22). The Morgan fingerprint density at radius 3 is 2.83 bits per heavy atom. The summed E-state index contributed by atoms with van der Waals surface area (Å²) in [6.07, 6.45) is 3.09. The molecule has 0 radical (unpaired) electrons. The van der Waals surface area contributed by atoms with Gasteiger partial charge in [0, 0.05) is 9.75 Å². The smallest absolute Gasteiger partial charge is 0.274 e. The van der Waals surface area contributed by atoms with E-state index in [1.54, 1.807) is 11.3 Å². The van der Waals surface area contributed by atoms with Crippen molar-refractivity contribution < 1.29 is 4.79 Å². The molecule has 0 atom stereocenters. The summed E-state index contributed by atoms with van der Waals surface area (Å²) in [5.74, 6) is -0.144. The SMILES string of the molecule is CCc1ccc(CNC(=O)c2nnn(C3CCNCC3)c2C)s1. The van der Waals surface area contributed by atoms with Crippen molar-refractivity contribution in [3.05, 3.63) is 33.3 Å². The molecular formula is C16H23N5OS. The Morgan fingerprint density at radius 2 is 2.13 bits per heavy atom. The van der Waals surface area contributed by atoms with Crippen LogP contribution in [0.4, 0.5) is 0 Å².